The Hall–Kier alpha value is -1.57. The molecule has 0 saturated carbocycles. The number of carbonyl (C=O) groups excluding carboxylic acids is 1. The average Bonchev–Trinajstić information content (AvgIpc) is 2.50. The molecule has 2 heterocycles. The number of hydrogen-bond donors (Lipinski definition) is 2. The smallest absolute Gasteiger partial charge is 0.291 e. The number of nitrogens with zero attached hydrogens (tertiary/aromatic N) is 3. The van der Waals surface area contributed by atoms with Gasteiger partial charge in [-0.3, -0.25) is 4.79 Å². The van der Waals surface area contributed by atoms with Crippen LogP contribution in [-0.4, -0.2) is 69.5 Å². The molecule has 2 rings (SSSR count). The van der Waals surface area contributed by atoms with Gasteiger partial charge in [-0.1, -0.05) is 13.8 Å². The summed E-state index contributed by atoms with van der Waals surface area (Å²) in [7, 11) is 0. The van der Waals surface area contributed by atoms with E-state index in [0.29, 0.717) is 19.7 Å². The lowest BCUT2D eigenvalue weighted by molar-refractivity contribution is -0.124. The minimum atomic E-state index is -0.917. The zero-order valence-electron chi connectivity index (χ0n) is 13.8. The number of amides is 1. The van der Waals surface area contributed by atoms with Gasteiger partial charge in [0.2, 0.25) is 5.82 Å². The van der Waals surface area contributed by atoms with Crippen molar-refractivity contribution in [1.29, 1.82) is 0 Å². The second-order valence-corrected chi connectivity index (χ2v) is 6.48. The highest BCUT2D eigenvalue weighted by Gasteiger charge is 2.34. The van der Waals surface area contributed by atoms with Gasteiger partial charge in [0, 0.05) is 30.9 Å². The molecule has 0 bridgehead atoms. The number of aromatic nitrogens is 2. The summed E-state index contributed by atoms with van der Waals surface area (Å²) in [5.41, 5.74) is 0.726. The summed E-state index contributed by atoms with van der Waals surface area (Å²) in [6, 6.07) is 1.73. The van der Waals surface area contributed by atoms with E-state index >= 15 is 0 Å². The number of aliphatic hydroxyl groups is 2. The quantitative estimate of drug-likeness (QED) is 0.806. The number of ether oxygens (including phenoxy) is 1. The van der Waals surface area contributed by atoms with Crippen molar-refractivity contribution in [3.8, 4) is 0 Å². The van der Waals surface area contributed by atoms with Crippen LogP contribution >= 0.6 is 0 Å². The lowest BCUT2D eigenvalue weighted by Crippen LogP contribution is -2.50. The van der Waals surface area contributed by atoms with Gasteiger partial charge in [-0.05, 0) is 18.9 Å². The van der Waals surface area contributed by atoms with Crippen LogP contribution in [-0.2, 0) is 4.74 Å². The zero-order valence-corrected chi connectivity index (χ0v) is 13.8. The Kier molecular flexibility index (Phi) is 6.04. The van der Waals surface area contributed by atoms with Crippen LogP contribution in [0.15, 0.2) is 12.3 Å². The molecule has 1 aromatic rings. The van der Waals surface area contributed by atoms with Gasteiger partial charge in [-0.15, -0.1) is 0 Å². The fourth-order valence-electron chi connectivity index (χ4n) is 2.67. The maximum Gasteiger partial charge on any atom is 0.291 e. The van der Waals surface area contributed by atoms with Crippen LogP contribution in [0.2, 0.25) is 0 Å². The van der Waals surface area contributed by atoms with Crippen molar-refractivity contribution in [1.82, 2.24) is 14.9 Å². The van der Waals surface area contributed by atoms with Crippen molar-refractivity contribution in [3.05, 3.63) is 23.8 Å². The van der Waals surface area contributed by atoms with Crippen LogP contribution in [0.3, 0.4) is 0 Å². The third-order valence-corrected chi connectivity index (χ3v) is 3.81. The van der Waals surface area contributed by atoms with Crippen LogP contribution in [0.25, 0.3) is 0 Å². The Morgan fingerprint density at radius 1 is 1.43 bits per heavy atom. The normalized spacial score (nSPS) is 24.7. The highest BCUT2D eigenvalue weighted by Crippen LogP contribution is 2.18. The Morgan fingerprint density at radius 3 is 2.83 bits per heavy atom. The molecule has 1 amide bonds. The average molecular weight is 323 g/mol. The van der Waals surface area contributed by atoms with Crippen molar-refractivity contribution >= 4 is 5.91 Å². The third-order valence-electron chi connectivity index (χ3n) is 3.81. The number of rotatable bonds is 5. The van der Waals surface area contributed by atoms with E-state index in [1.165, 1.54) is 0 Å². The SMILES string of the molecule is Cc1ccnc(C(=O)N(CC(C)C)C[C@@H]2COC[C@@H](O)[C@H]2O)n1. The third kappa shape index (κ3) is 4.70. The highest BCUT2D eigenvalue weighted by atomic mass is 16.5. The molecule has 1 aliphatic heterocycles. The molecule has 0 aliphatic carbocycles. The molecule has 7 nitrogen and oxygen atoms in total. The first-order valence-electron chi connectivity index (χ1n) is 7.91. The molecule has 1 saturated heterocycles. The Labute approximate surface area is 136 Å². The van der Waals surface area contributed by atoms with E-state index in [2.05, 4.69) is 9.97 Å². The first-order chi connectivity index (χ1) is 10.9. The van der Waals surface area contributed by atoms with E-state index in [1.807, 2.05) is 13.8 Å². The molecule has 0 radical (unpaired) electrons. The molecule has 23 heavy (non-hydrogen) atoms. The first kappa shape index (κ1) is 17.8. The van der Waals surface area contributed by atoms with Crippen molar-refractivity contribution in [3.63, 3.8) is 0 Å². The standard InChI is InChI=1S/C16H25N3O4/c1-10(2)6-19(7-12-8-23-9-13(20)14(12)21)16(22)15-17-5-4-11(3)18-15/h4-5,10,12-14,20-21H,6-9H2,1-3H3/t12-,13-,14+/m1/s1. The van der Waals surface area contributed by atoms with E-state index in [9.17, 15) is 15.0 Å². The maximum atomic E-state index is 12.7. The molecule has 0 aromatic carbocycles. The van der Waals surface area contributed by atoms with Crippen LogP contribution < -0.4 is 0 Å². The number of hydrogen-bond acceptors (Lipinski definition) is 6. The summed E-state index contributed by atoms with van der Waals surface area (Å²) in [6.07, 6.45) is -0.254. The molecule has 128 valence electrons. The van der Waals surface area contributed by atoms with Crippen molar-refractivity contribution in [2.45, 2.75) is 33.0 Å². The molecule has 1 aromatic heterocycles. The largest absolute Gasteiger partial charge is 0.390 e. The van der Waals surface area contributed by atoms with Crippen molar-refractivity contribution in [2.75, 3.05) is 26.3 Å². The Morgan fingerprint density at radius 2 is 2.17 bits per heavy atom. The second-order valence-electron chi connectivity index (χ2n) is 6.48. The fourth-order valence-corrected chi connectivity index (χ4v) is 2.67. The lowest BCUT2D eigenvalue weighted by Gasteiger charge is -2.35. The monoisotopic (exact) mass is 323 g/mol. The molecule has 0 unspecified atom stereocenters. The lowest BCUT2D eigenvalue weighted by atomic mass is 9.95. The van der Waals surface area contributed by atoms with E-state index < -0.39 is 12.2 Å². The highest BCUT2D eigenvalue weighted by molar-refractivity contribution is 5.90. The van der Waals surface area contributed by atoms with Crippen LogP contribution in [0.1, 0.15) is 30.2 Å². The summed E-state index contributed by atoms with van der Waals surface area (Å²) in [6.45, 7) is 7.09. The molecule has 2 N–H and O–H groups in total. The van der Waals surface area contributed by atoms with Gasteiger partial charge in [-0.2, -0.15) is 0 Å². The molecule has 1 aliphatic rings. The van der Waals surface area contributed by atoms with E-state index in [-0.39, 0.29) is 30.2 Å². The van der Waals surface area contributed by atoms with Gasteiger partial charge in [-0.25, -0.2) is 9.97 Å². The molecule has 3 atom stereocenters. The second kappa shape index (κ2) is 7.81. The van der Waals surface area contributed by atoms with Gasteiger partial charge in [0.1, 0.15) is 6.10 Å². The zero-order chi connectivity index (χ0) is 17.0. The maximum absolute atomic E-state index is 12.7. The topological polar surface area (TPSA) is 95.8 Å². The van der Waals surface area contributed by atoms with E-state index in [1.54, 1.807) is 24.1 Å². The van der Waals surface area contributed by atoms with Crippen LogP contribution in [0.5, 0.6) is 0 Å². The number of aliphatic hydroxyl groups excluding tert-OH is 2. The number of aryl methyl sites for hydroxylation is 1. The van der Waals surface area contributed by atoms with Crippen molar-refractivity contribution in [2.24, 2.45) is 11.8 Å². The molecule has 0 spiro atoms. The van der Waals surface area contributed by atoms with Crippen LogP contribution in [0, 0.1) is 18.8 Å². The minimum Gasteiger partial charge on any atom is -0.390 e. The summed E-state index contributed by atoms with van der Waals surface area (Å²) in [5, 5.41) is 19.8. The predicted octanol–water partition coefficient (Wildman–Crippen LogP) is 0.251. The van der Waals surface area contributed by atoms with Gasteiger partial charge >= 0.3 is 0 Å². The summed E-state index contributed by atoms with van der Waals surface area (Å²) < 4.78 is 5.30. The molecular weight excluding hydrogens is 298 g/mol. The van der Waals surface area contributed by atoms with Crippen LogP contribution in [0.4, 0.5) is 0 Å². The van der Waals surface area contributed by atoms with E-state index in [0.717, 1.165) is 5.69 Å². The molecular formula is C16H25N3O4. The van der Waals surface area contributed by atoms with Gasteiger partial charge < -0.3 is 19.8 Å². The fraction of sp³-hybridized carbons (Fsp3) is 0.688. The minimum absolute atomic E-state index is 0.122. The summed E-state index contributed by atoms with van der Waals surface area (Å²) in [5.74, 6) is -0.186. The number of carbonyl (C=O) groups is 1. The Balaban J connectivity index is 2.14. The predicted molar refractivity (Wildman–Crippen MR) is 83.8 cm³/mol. The first-order valence-corrected chi connectivity index (χ1v) is 7.91. The summed E-state index contributed by atoms with van der Waals surface area (Å²) >= 11 is 0. The van der Waals surface area contributed by atoms with Gasteiger partial charge in [0.05, 0.1) is 19.3 Å². The van der Waals surface area contributed by atoms with Gasteiger partial charge in [0.25, 0.3) is 5.91 Å². The molecule has 1 fully saturated rings. The molecule has 7 heteroatoms. The van der Waals surface area contributed by atoms with E-state index in [4.69, 9.17) is 4.74 Å². The Bertz CT molecular complexity index is 538. The van der Waals surface area contributed by atoms with Crippen molar-refractivity contribution < 1.29 is 19.7 Å². The summed E-state index contributed by atoms with van der Waals surface area (Å²) in [4.78, 5) is 22.6. The van der Waals surface area contributed by atoms with Gasteiger partial charge in [0.15, 0.2) is 0 Å².